The first-order valence-electron chi connectivity index (χ1n) is 24.0. The van der Waals surface area contributed by atoms with Gasteiger partial charge in [-0.2, -0.15) is 8.42 Å². The molecular formula is C48H86O12S. The Morgan fingerprint density at radius 1 is 0.557 bits per heavy atom. The number of aliphatic hydroxyl groups excluding tert-OH is 3. The van der Waals surface area contributed by atoms with E-state index in [0.29, 0.717) is 12.8 Å². The van der Waals surface area contributed by atoms with Gasteiger partial charge in [0.05, 0.1) is 6.61 Å². The Balaban J connectivity index is 2.43. The van der Waals surface area contributed by atoms with Gasteiger partial charge in [-0.05, 0) is 70.6 Å². The molecule has 0 aromatic carbocycles. The molecule has 1 aliphatic heterocycles. The standard InChI is InChI=1S/C48H86O12S/c1-3-5-7-9-11-13-15-17-19-20-21-23-25-27-29-31-33-35-37-44(50)59-41(39-58-48-47(53)46(52)45(51)42(60-48)40-61(54,55)56)38-57-43(49)36-34-32-30-28-26-24-22-18-16-14-12-10-8-6-4-2/h13,15,18-20,22,41-42,45-48,51-53H,3-12,14,16-17,21,23-40H2,1-2H3,(H,54,55,56)/b15-13-,20-19-,22-18-. The van der Waals surface area contributed by atoms with Crippen LogP contribution in [0, 0.1) is 0 Å². The lowest BCUT2D eigenvalue weighted by Gasteiger charge is -2.40. The number of aliphatic hydroxyl groups is 3. The first-order chi connectivity index (χ1) is 29.5. The van der Waals surface area contributed by atoms with Crippen molar-refractivity contribution in [1.82, 2.24) is 0 Å². The van der Waals surface area contributed by atoms with Crippen molar-refractivity contribution in [1.29, 1.82) is 0 Å². The molecule has 1 fully saturated rings. The highest BCUT2D eigenvalue weighted by atomic mass is 32.2. The van der Waals surface area contributed by atoms with Crippen molar-refractivity contribution in [3.8, 4) is 0 Å². The molecule has 0 bridgehead atoms. The van der Waals surface area contributed by atoms with Gasteiger partial charge in [-0.25, -0.2) is 0 Å². The number of hydrogen-bond donors (Lipinski definition) is 4. The van der Waals surface area contributed by atoms with Crippen LogP contribution in [0.2, 0.25) is 0 Å². The summed E-state index contributed by atoms with van der Waals surface area (Å²) in [5, 5.41) is 30.9. The number of carbonyl (C=O) groups is 2. The van der Waals surface area contributed by atoms with Crippen LogP contribution in [0.15, 0.2) is 36.5 Å². The lowest BCUT2D eigenvalue weighted by molar-refractivity contribution is -0.297. The van der Waals surface area contributed by atoms with E-state index in [1.165, 1.54) is 83.5 Å². The second-order valence-corrected chi connectivity index (χ2v) is 18.3. The van der Waals surface area contributed by atoms with Crippen LogP contribution in [0.4, 0.5) is 0 Å². The van der Waals surface area contributed by atoms with Crippen molar-refractivity contribution >= 4 is 22.1 Å². The van der Waals surface area contributed by atoms with Crippen molar-refractivity contribution in [2.45, 2.75) is 237 Å². The number of esters is 2. The van der Waals surface area contributed by atoms with E-state index >= 15 is 0 Å². The molecule has 61 heavy (non-hydrogen) atoms. The highest BCUT2D eigenvalue weighted by Crippen LogP contribution is 2.24. The zero-order valence-corrected chi connectivity index (χ0v) is 38.8. The van der Waals surface area contributed by atoms with Gasteiger partial charge in [-0.3, -0.25) is 14.1 Å². The van der Waals surface area contributed by atoms with Gasteiger partial charge in [0, 0.05) is 12.8 Å². The van der Waals surface area contributed by atoms with Crippen LogP contribution in [-0.2, 0) is 38.7 Å². The van der Waals surface area contributed by atoms with E-state index in [4.69, 9.17) is 18.9 Å². The van der Waals surface area contributed by atoms with E-state index in [1.54, 1.807) is 0 Å². The largest absolute Gasteiger partial charge is 0.462 e. The summed E-state index contributed by atoms with van der Waals surface area (Å²) in [6.07, 6.45) is 34.6. The third-order valence-electron chi connectivity index (χ3n) is 10.9. The summed E-state index contributed by atoms with van der Waals surface area (Å²) in [6.45, 7) is 3.73. The quantitative estimate of drug-likeness (QED) is 0.0198. The van der Waals surface area contributed by atoms with Crippen LogP contribution in [0.5, 0.6) is 0 Å². The number of carbonyl (C=O) groups excluding carboxylic acids is 2. The number of ether oxygens (including phenoxy) is 4. The first-order valence-corrected chi connectivity index (χ1v) is 25.7. The molecule has 0 aliphatic carbocycles. The zero-order chi connectivity index (χ0) is 44.8. The Morgan fingerprint density at radius 3 is 1.48 bits per heavy atom. The van der Waals surface area contributed by atoms with Crippen molar-refractivity contribution < 1.29 is 56.8 Å². The summed E-state index contributed by atoms with van der Waals surface area (Å²) < 4.78 is 54.1. The van der Waals surface area contributed by atoms with Gasteiger partial charge < -0.3 is 34.3 Å². The number of unbranched alkanes of at least 4 members (excludes halogenated alkanes) is 22. The second-order valence-electron chi connectivity index (χ2n) is 16.8. The second kappa shape index (κ2) is 38.3. The van der Waals surface area contributed by atoms with E-state index < -0.39 is 71.2 Å². The molecule has 6 unspecified atom stereocenters. The summed E-state index contributed by atoms with van der Waals surface area (Å²) in [6, 6.07) is 0. The first kappa shape index (κ1) is 56.9. The SMILES string of the molecule is CCCCCC/C=C\C/C=C\CCCCCCCCCC(=O)OC(COC(=O)CCCCCCC/C=C\CCCCCCCC)COC1OC(CS(=O)(=O)O)C(O)C(O)C1O. The predicted molar refractivity (Wildman–Crippen MR) is 243 cm³/mol. The zero-order valence-electron chi connectivity index (χ0n) is 38.0. The number of allylic oxidation sites excluding steroid dienone is 6. The average molecular weight is 887 g/mol. The molecular weight excluding hydrogens is 801 g/mol. The van der Waals surface area contributed by atoms with Crippen molar-refractivity contribution in [2.75, 3.05) is 19.0 Å². The molecule has 13 heteroatoms. The minimum absolute atomic E-state index is 0.154. The Bertz CT molecular complexity index is 1270. The summed E-state index contributed by atoms with van der Waals surface area (Å²) >= 11 is 0. The molecule has 0 saturated carbocycles. The molecule has 12 nitrogen and oxygen atoms in total. The Hall–Kier alpha value is -2.13. The van der Waals surface area contributed by atoms with E-state index in [-0.39, 0.29) is 19.4 Å². The fourth-order valence-electron chi connectivity index (χ4n) is 7.17. The third kappa shape index (κ3) is 33.1. The third-order valence-corrected chi connectivity index (χ3v) is 11.7. The van der Waals surface area contributed by atoms with E-state index in [2.05, 4.69) is 50.3 Å². The van der Waals surface area contributed by atoms with Gasteiger partial charge in [0.15, 0.2) is 12.4 Å². The summed E-state index contributed by atoms with van der Waals surface area (Å²) in [4.78, 5) is 25.4. The van der Waals surface area contributed by atoms with Gasteiger partial charge in [0.2, 0.25) is 0 Å². The molecule has 356 valence electrons. The molecule has 0 aromatic rings. The van der Waals surface area contributed by atoms with E-state index in [9.17, 15) is 37.9 Å². The summed E-state index contributed by atoms with van der Waals surface area (Å²) in [5.41, 5.74) is 0. The Morgan fingerprint density at radius 2 is 0.984 bits per heavy atom. The van der Waals surface area contributed by atoms with Crippen LogP contribution >= 0.6 is 0 Å². The smallest absolute Gasteiger partial charge is 0.306 e. The van der Waals surface area contributed by atoms with Crippen LogP contribution in [0.1, 0.15) is 200 Å². The highest BCUT2D eigenvalue weighted by Gasteiger charge is 2.46. The minimum Gasteiger partial charge on any atom is -0.462 e. The van der Waals surface area contributed by atoms with Crippen LogP contribution < -0.4 is 0 Å². The predicted octanol–water partition coefficient (Wildman–Crippen LogP) is 10.2. The fraction of sp³-hybridized carbons (Fsp3) is 0.833. The molecule has 0 spiro atoms. The Labute approximate surface area is 370 Å². The van der Waals surface area contributed by atoms with Crippen molar-refractivity contribution in [2.24, 2.45) is 0 Å². The van der Waals surface area contributed by atoms with Crippen molar-refractivity contribution in [3.63, 3.8) is 0 Å². The van der Waals surface area contributed by atoms with Gasteiger partial charge in [0.1, 0.15) is 36.8 Å². The average Bonchev–Trinajstić information content (AvgIpc) is 3.22. The maximum Gasteiger partial charge on any atom is 0.306 e. The maximum absolute atomic E-state index is 12.8. The summed E-state index contributed by atoms with van der Waals surface area (Å²) in [7, 11) is -4.60. The normalized spacial score (nSPS) is 20.3. The summed E-state index contributed by atoms with van der Waals surface area (Å²) in [5.74, 6) is -2.00. The van der Waals surface area contributed by atoms with E-state index in [1.807, 2.05) is 0 Å². The molecule has 0 amide bonds. The monoisotopic (exact) mass is 887 g/mol. The van der Waals surface area contributed by atoms with Gasteiger partial charge in [-0.15, -0.1) is 0 Å². The topological polar surface area (TPSA) is 186 Å². The molecule has 1 rings (SSSR count). The highest BCUT2D eigenvalue weighted by molar-refractivity contribution is 7.85. The molecule has 6 atom stereocenters. The lowest BCUT2D eigenvalue weighted by Crippen LogP contribution is -2.60. The maximum atomic E-state index is 12.8. The van der Waals surface area contributed by atoms with Gasteiger partial charge in [0.25, 0.3) is 10.1 Å². The Kier molecular flexibility index (Phi) is 35.8. The molecule has 0 radical (unpaired) electrons. The van der Waals surface area contributed by atoms with Crippen molar-refractivity contribution in [3.05, 3.63) is 36.5 Å². The lowest BCUT2D eigenvalue weighted by atomic mass is 10.00. The number of hydrogen-bond acceptors (Lipinski definition) is 11. The molecule has 4 N–H and O–H groups in total. The fourth-order valence-corrected chi connectivity index (χ4v) is 7.86. The van der Waals surface area contributed by atoms with Crippen LogP contribution in [0.25, 0.3) is 0 Å². The molecule has 1 aliphatic rings. The van der Waals surface area contributed by atoms with Gasteiger partial charge >= 0.3 is 11.9 Å². The molecule has 0 aromatic heterocycles. The van der Waals surface area contributed by atoms with Crippen LogP contribution in [0.3, 0.4) is 0 Å². The van der Waals surface area contributed by atoms with Crippen LogP contribution in [-0.4, -0.2) is 96.0 Å². The van der Waals surface area contributed by atoms with Gasteiger partial charge in [-0.1, -0.05) is 153 Å². The minimum atomic E-state index is -4.60. The molecule has 1 heterocycles. The molecule has 1 saturated heterocycles. The number of rotatable bonds is 40. The van der Waals surface area contributed by atoms with E-state index in [0.717, 1.165) is 77.0 Å².